The molecule has 2 aliphatic rings. The number of pyridine rings is 2. The quantitative estimate of drug-likeness (QED) is 0.195. The van der Waals surface area contributed by atoms with Gasteiger partial charge in [-0.1, -0.05) is 60.7 Å². The Hall–Kier alpha value is -5.57. The van der Waals surface area contributed by atoms with E-state index >= 15 is 0 Å². The van der Waals surface area contributed by atoms with Gasteiger partial charge in [-0.3, -0.25) is 14.9 Å². The van der Waals surface area contributed by atoms with Crippen LogP contribution in [0.15, 0.2) is 132 Å². The Labute approximate surface area is 272 Å². The van der Waals surface area contributed by atoms with Gasteiger partial charge >= 0.3 is 0 Å². The molecule has 0 saturated heterocycles. The van der Waals surface area contributed by atoms with E-state index in [0.29, 0.717) is 23.3 Å². The van der Waals surface area contributed by atoms with E-state index in [4.69, 9.17) is 19.9 Å². The van der Waals surface area contributed by atoms with E-state index < -0.39 is 5.41 Å². The van der Waals surface area contributed by atoms with Crippen LogP contribution in [0, 0.1) is 0 Å². The summed E-state index contributed by atoms with van der Waals surface area (Å²) >= 11 is 3.64. The molecule has 216 valence electrons. The molecule has 6 heterocycles. The minimum Gasteiger partial charge on any atom is -0.278 e. The van der Waals surface area contributed by atoms with Crippen molar-refractivity contribution in [3.05, 3.63) is 155 Å². The number of nitrogens with zero attached hydrogens (tertiary/aromatic N) is 6. The van der Waals surface area contributed by atoms with E-state index in [1.54, 1.807) is 6.20 Å². The van der Waals surface area contributed by atoms with Crippen molar-refractivity contribution in [1.29, 1.82) is 0 Å². The summed E-state index contributed by atoms with van der Waals surface area (Å²) in [5.41, 5.74) is 9.08. The van der Waals surface area contributed by atoms with Gasteiger partial charge in [0.25, 0.3) is 0 Å². The molecule has 1 aliphatic carbocycles. The van der Waals surface area contributed by atoms with Crippen LogP contribution in [0.4, 0.5) is 17.3 Å². The predicted molar refractivity (Wildman–Crippen MR) is 185 cm³/mol. The maximum atomic E-state index is 5.17. The average molecular weight is 627 g/mol. The van der Waals surface area contributed by atoms with Crippen LogP contribution in [0.25, 0.3) is 43.6 Å². The van der Waals surface area contributed by atoms with Crippen molar-refractivity contribution >= 4 is 50.9 Å². The van der Waals surface area contributed by atoms with Crippen LogP contribution in [0.2, 0.25) is 0 Å². The Morgan fingerprint density at radius 1 is 0.543 bits per heavy atom. The first-order chi connectivity index (χ1) is 22.8. The Bertz CT molecular complexity index is 2350. The molecule has 8 heteroatoms. The molecule has 0 N–H and O–H groups in total. The Balaban J connectivity index is 1.33. The molecule has 0 fully saturated rings. The van der Waals surface area contributed by atoms with Crippen molar-refractivity contribution in [3.8, 4) is 32.7 Å². The molecule has 0 amide bonds. The molecular formula is C38H22N6S2. The number of hydrogen-bond donors (Lipinski definition) is 0. The minimum atomic E-state index is -0.490. The second kappa shape index (κ2) is 9.71. The number of hydrogen-bond acceptors (Lipinski definition) is 8. The van der Waals surface area contributed by atoms with Gasteiger partial charge in [0.05, 0.1) is 22.3 Å². The summed E-state index contributed by atoms with van der Waals surface area (Å²) in [4.78, 5) is 29.5. The zero-order valence-corrected chi connectivity index (χ0v) is 25.8. The van der Waals surface area contributed by atoms with Gasteiger partial charge in [0.1, 0.15) is 5.69 Å². The lowest BCUT2D eigenvalue weighted by Crippen LogP contribution is -2.36. The highest BCUT2D eigenvalue weighted by Gasteiger charge is 2.53. The normalized spacial score (nSPS) is 13.8. The van der Waals surface area contributed by atoms with E-state index in [1.165, 1.54) is 32.0 Å². The fourth-order valence-electron chi connectivity index (χ4n) is 7.15. The monoisotopic (exact) mass is 626 g/mol. The van der Waals surface area contributed by atoms with Gasteiger partial charge in [-0.2, -0.15) is 9.97 Å². The van der Waals surface area contributed by atoms with Crippen LogP contribution in [0.1, 0.15) is 22.3 Å². The van der Waals surface area contributed by atoms with Crippen molar-refractivity contribution in [1.82, 2.24) is 24.9 Å². The first-order valence-electron chi connectivity index (χ1n) is 15.0. The van der Waals surface area contributed by atoms with Crippen LogP contribution in [0.3, 0.4) is 0 Å². The highest BCUT2D eigenvalue weighted by atomic mass is 32.1. The molecule has 1 aliphatic heterocycles. The molecule has 8 aromatic rings. The second-order valence-corrected chi connectivity index (χ2v) is 13.2. The zero-order chi connectivity index (χ0) is 30.2. The lowest BCUT2D eigenvalue weighted by Gasteiger charge is -2.43. The van der Waals surface area contributed by atoms with Crippen molar-refractivity contribution < 1.29 is 0 Å². The second-order valence-electron chi connectivity index (χ2n) is 11.4. The number of rotatable bonds is 3. The maximum absolute atomic E-state index is 5.17. The number of anilines is 3. The topological polar surface area (TPSA) is 67.7 Å². The third kappa shape index (κ3) is 3.48. The average Bonchev–Trinajstić information content (AvgIpc) is 3.85. The highest BCUT2D eigenvalue weighted by molar-refractivity contribution is 7.21. The van der Waals surface area contributed by atoms with Crippen LogP contribution >= 0.6 is 22.7 Å². The Kier molecular flexibility index (Phi) is 5.43. The fraction of sp³-hybridized carbons (Fsp3) is 0.0263. The largest absolute Gasteiger partial charge is 0.278 e. The van der Waals surface area contributed by atoms with Gasteiger partial charge < -0.3 is 0 Å². The lowest BCUT2D eigenvalue weighted by atomic mass is 9.65. The van der Waals surface area contributed by atoms with Gasteiger partial charge in [-0.15, -0.1) is 22.7 Å². The van der Waals surface area contributed by atoms with Crippen molar-refractivity contribution in [2.75, 3.05) is 4.90 Å². The molecule has 6 nitrogen and oxygen atoms in total. The van der Waals surface area contributed by atoms with Crippen LogP contribution in [-0.2, 0) is 5.41 Å². The Morgan fingerprint density at radius 2 is 1.28 bits per heavy atom. The Morgan fingerprint density at radius 3 is 2.09 bits per heavy atom. The molecule has 0 atom stereocenters. The molecule has 0 saturated carbocycles. The smallest absolute Gasteiger partial charge is 0.238 e. The fourth-order valence-corrected chi connectivity index (χ4v) is 9.25. The molecule has 3 aromatic carbocycles. The van der Waals surface area contributed by atoms with Gasteiger partial charge in [-0.25, -0.2) is 4.98 Å². The zero-order valence-electron chi connectivity index (χ0n) is 24.2. The molecule has 0 radical (unpaired) electrons. The van der Waals surface area contributed by atoms with E-state index in [1.807, 2.05) is 83.5 Å². The van der Waals surface area contributed by atoms with E-state index in [9.17, 15) is 0 Å². The van der Waals surface area contributed by atoms with Gasteiger partial charge in [0.2, 0.25) is 5.95 Å². The first kappa shape index (κ1) is 25.7. The summed E-state index contributed by atoms with van der Waals surface area (Å²) < 4.78 is 0. The van der Waals surface area contributed by atoms with Crippen molar-refractivity contribution in [2.45, 2.75) is 5.41 Å². The van der Waals surface area contributed by atoms with Crippen molar-refractivity contribution in [2.24, 2.45) is 0 Å². The van der Waals surface area contributed by atoms with Crippen LogP contribution in [0.5, 0.6) is 0 Å². The molecule has 1 spiro atoms. The molecular weight excluding hydrogens is 605 g/mol. The number of aromatic nitrogens is 5. The van der Waals surface area contributed by atoms with Gasteiger partial charge in [0, 0.05) is 33.1 Å². The minimum absolute atomic E-state index is 0.490. The standard InChI is InChI=1S/C38H22N6S2/c1-2-9-23(10-3-1)35-41-36(29-13-6-7-17-39-29)43-37(42-35)44-31-14-5-4-12-25(31)38(26-15-19-45-33(26)34-27(38)16-20-46-34)28-21-24-11-8-18-40-30(24)22-32(28)44/h1-22H. The third-order valence-corrected chi connectivity index (χ3v) is 11.0. The molecule has 0 unspecified atom stereocenters. The number of benzene rings is 3. The number of para-hydroxylation sites is 1. The summed E-state index contributed by atoms with van der Waals surface area (Å²) in [6, 6.07) is 37.9. The van der Waals surface area contributed by atoms with E-state index in [0.717, 1.165) is 27.8 Å². The van der Waals surface area contributed by atoms with Crippen LogP contribution < -0.4 is 4.90 Å². The molecule has 5 aromatic heterocycles. The van der Waals surface area contributed by atoms with E-state index in [2.05, 4.69) is 75.2 Å². The van der Waals surface area contributed by atoms with Gasteiger partial charge in [-0.05, 0) is 81.5 Å². The SMILES string of the molecule is c1ccc(-c2nc(-c3ccccn3)nc(N3c4ccccc4C4(c5cc6cccnc6cc53)c3ccsc3-c3sccc34)n2)cc1. The number of thiophene rings is 2. The third-order valence-electron chi connectivity index (χ3n) is 9.01. The summed E-state index contributed by atoms with van der Waals surface area (Å²) in [6.07, 6.45) is 3.62. The molecule has 0 bridgehead atoms. The first-order valence-corrected chi connectivity index (χ1v) is 16.7. The molecule has 46 heavy (non-hydrogen) atoms. The maximum Gasteiger partial charge on any atom is 0.238 e. The number of fused-ring (bicyclic) bond motifs is 10. The summed E-state index contributed by atoms with van der Waals surface area (Å²) in [5.74, 6) is 1.64. The predicted octanol–water partition coefficient (Wildman–Crippen LogP) is 9.42. The highest BCUT2D eigenvalue weighted by Crippen LogP contribution is 2.65. The summed E-state index contributed by atoms with van der Waals surface area (Å²) in [6.45, 7) is 0. The van der Waals surface area contributed by atoms with Crippen molar-refractivity contribution in [3.63, 3.8) is 0 Å². The summed E-state index contributed by atoms with van der Waals surface area (Å²) in [7, 11) is 0. The van der Waals surface area contributed by atoms with Crippen LogP contribution in [-0.4, -0.2) is 24.9 Å². The van der Waals surface area contributed by atoms with Gasteiger partial charge in [0.15, 0.2) is 11.6 Å². The molecule has 10 rings (SSSR count). The lowest BCUT2D eigenvalue weighted by molar-refractivity contribution is 0.754. The van der Waals surface area contributed by atoms with E-state index in [-0.39, 0.29) is 0 Å². The summed E-state index contributed by atoms with van der Waals surface area (Å²) in [5, 5.41) is 5.54.